The summed E-state index contributed by atoms with van der Waals surface area (Å²) >= 11 is 9.35. The Kier molecular flexibility index (Phi) is 5.99. The first-order valence-electron chi connectivity index (χ1n) is 9.24. The van der Waals surface area contributed by atoms with Crippen molar-refractivity contribution in [3.8, 4) is 0 Å². The summed E-state index contributed by atoms with van der Waals surface area (Å²) in [4.78, 5) is 24.1. The van der Waals surface area contributed by atoms with Gasteiger partial charge in [-0.05, 0) is 56.2 Å². The molecule has 1 aromatic heterocycles. The molecule has 1 aliphatic heterocycles. The highest BCUT2D eigenvalue weighted by atomic mass is 35.5. The molecule has 1 aliphatic rings. The molecule has 0 bridgehead atoms. The summed E-state index contributed by atoms with van der Waals surface area (Å²) in [6.07, 6.45) is 2.01. The van der Waals surface area contributed by atoms with Crippen LogP contribution < -0.4 is 4.90 Å². The summed E-state index contributed by atoms with van der Waals surface area (Å²) in [5.74, 6) is 0.960. The van der Waals surface area contributed by atoms with Crippen molar-refractivity contribution < 1.29 is 4.79 Å². The average Bonchev–Trinajstić information content (AvgIpc) is 3.29. The highest BCUT2D eigenvalue weighted by Crippen LogP contribution is 2.28. The maximum absolute atomic E-state index is 13.1. The van der Waals surface area contributed by atoms with Crippen LogP contribution in [0.1, 0.15) is 24.8 Å². The van der Waals surface area contributed by atoms with Crippen LogP contribution in [0.2, 0.25) is 5.02 Å². The summed E-state index contributed by atoms with van der Waals surface area (Å²) in [6.45, 7) is 2.07. The van der Waals surface area contributed by atoms with Crippen molar-refractivity contribution in [3.05, 3.63) is 58.6 Å². The van der Waals surface area contributed by atoms with E-state index in [0.29, 0.717) is 11.4 Å². The van der Waals surface area contributed by atoms with Crippen LogP contribution in [0.4, 0.5) is 5.69 Å². The Balaban J connectivity index is 1.46. The maximum Gasteiger partial charge on any atom is 0.233 e. The first kappa shape index (κ1) is 19.4. The van der Waals surface area contributed by atoms with E-state index >= 15 is 0 Å². The van der Waals surface area contributed by atoms with Gasteiger partial charge in [0.15, 0.2) is 5.17 Å². The fraction of sp³-hybridized carbons (Fsp3) is 0.286. The number of hydrogen-bond acceptors (Lipinski definition) is 5. The Morgan fingerprint density at radius 3 is 2.71 bits per heavy atom. The van der Waals surface area contributed by atoms with Crippen LogP contribution >= 0.6 is 34.7 Å². The second-order valence-electron chi connectivity index (χ2n) is 6.71. The van der Waals surface area contributed by atoms with Crippen LogP contribution in [0.25, 0.3) is 10.2 Å². The molecule has 2 heterocycles. The van der Waals surface area contributed by atoms with Crippen LogP contribution in [-0.4, -0.2) is 27.9 Å². The van der Waals surface area contributed by atoms with Crippen LogP contribution in [0.15, 0.2) is 53.5 Å². The molecule has 0 saturated heterocycles. The number of rotatable bonds is 5. The lowest BCUT2D eigenvalue weighted by Gasteiger charge is -2.22. The maximum atomic E-state index is 13.1. The molecule has 28 heavy (non-hydrogen) atoms. The smallest absolute Gasteiger partial charge is 0.233 e. The molecule has 4 nitrogen and oxygen atoms in total. The number of thioether (sulfide) groups is 1. The number of halogens is 1. The summed E-state index contributed by atoms with van der Waals surface area (Å²) in [7, 11) is 0. The Labute approximate surface area is 177 Å². The van der Waals surface area contributed by atoms with E-state index in [9.17, 15) is 4.79 Å². The zero-order valence-corrected chi connectivity index (χ0v) is 17.9. The molecule has 144 valence electrons. The van der Waals surface area contributed by atoms with Gasteiger partial charge in [-0.25, -0.2) is 4.98 Å². The number of para-hydroxylation sites is 1. The van der Waals surface area contributed by atoms with Crippen molar-refractivity contribution in [2.75, 3.05) is 10.7 Å². The molecule has 7 heteroatoms. The summed E-state index contributed by atoms with van der Waals surface area (Å²) in [5, 5.41) is 2.51. The van der Waals surface area contributed by atoms with Gasteiger partial charge >= 0.3 is 0 Å². The van der Waals surface area contributed by atoms with Gasteiger partial charge in [-0.15, -0.1) is 11.3 Å². The number of fused-ring (bicyclic) bond motifs is 1. The SMILES string of the molecule is CC1CSC(N(C(=O)CCCc2nc3ccccc3s2)c2ccc(Cl)cc2)=N1. The van der Waals surface area contributed by atoms with Gasteiger partial charge < -0.3 is 0 Å². The number of thiazole rings is 1. The van der Waals surface area contributed by atoms with Crippen LogP contribution in [0.5, 0.6) is 0 Å². The molecular weight excluding hydrogens is 410 g/mol. The molecule has 0 fully saturated rings. The minimum Gasteiger partial charge on any atom is -0.274 e. The second kappa shape index (κ2) is 8.64. The molecular formula is C21H20ClN3OS2. The van der Waals surface area contributed by atoms with Crippen molar-refractivity contribution >= 4 is 61.7 Å². The van der Waals surface area contributed by atoms with Gasteiger partial charge in [-0.1, -0.05) is 35.5 Å². The van der Waals surface area contributed by atoms with Gasteiger partial charge in [0.2, 0.25) is 5.91 Å². The van der Waals surface area contributed by atoms with Gasteiger partial charge in [0, 0.05) is 17.2 Å². The van der Waals surface area contributed by atoms with Gasteiger partial charge in [-0.2, -0.15) is 0 Å². The second-order valence-corrected chi connectivity index (χ2v) is 9.24. The topological polar surface area (TPSA) is 45.6 Å². The molecule has 0 N–H and O–H groups in total. The van der Waals surface area contributed by atoms with E-state index in [-0.39, 0.29) is 11.9 Å². The Hall–Kier alpha value is -1.89. The van der Waals surface area contributed by atoms with E-state index in [0.717, 1.165) is 40.0 Å². The molecule has 1 amide bonds. The lowest BCUT2D eigenvalue weighted by atomic mass is 10.2. The summed E-state index contributed by atoms with van der Waals surface area (Å²) < 4.78 is 1.19. The third kappa shape index (κ3) is 4.40. The third-order valence-corrected chi connectivity index (χ3v) is 6.97. The number of nitrogens with zero attached hydrogens (tertiary/aromatic N) is 3. The number of aliphatic imine (C=N–C) groups is 1. The summed E-state index contributed by atoms with van der Waals surface area (Å²) in [6, 6.07) is 15.7. The summed E-state index contributed by atoms with van der Waals surface area (Å²) in [5.41, 5.74) is 1.84. The number of amidine groups is 1. The Morgan fingerprint density at radius 1 is 1.21 bits per heavy atom. The number of benzene rings is 2. The van der Waals surface area contributed by atoms with Crippen LogP contribution in [0, 0.1) is 0 Å². The number of carbonyl (C=O) groups is 1. The van der Waals surface area contributed by atoms with E-state index < -0.39 is 0 Å². The predicted molar refractivity (Wildman–Crippen MR) is 121 cm³/mol. The fourth-order valence-electron chi connectivity index (χ4n) is 3.06. The van der Waals surface area contributed by atoms with Crippen molar-refractivity contribution in [2.45, 2.75) is 32.2 Å². The highest BCUT2D eigenvalue weighted by Gasteiger charge is 2.26. The highest BCUT2D eigenvalue weighted by molar-refractivity contribution is 8.14. The van der Waals surface area contributed by atoms with Crippen molar-refractivity contribution in [2.24, 2.45) is 4.99 Å². The van der Waals surface area contributed by atoms with Gasteiger partial charge in [-0.3, -0.25) is 14.7 Å². The molecule has 3 aromatic rings. The number of carbonyl (C=O) groups excluding carboxylic acids is 1. The molecule has 1 unspecified atom stereocenters. The van der Waals surface area contributed by atoms with Crippen molar-refractivity contribution in [3.63, 3.8) is 0 Å². The van der Waals surface area contributed by atoms with Gasteiger partial charge in [0.05, 0.1) is 27.0 Å². The van der Waals surface area contributed by atoms with E-state index in [1.807, 2.05) is 42.5 Å². The lowest BCUT2D eigenvalue weighted by Crippen LogP contribution is -2.34. The molecule has 0 saturated carbocycles. The zero-order chi connectivity index (χ0) is 19.5. The van der Waals surface area contributed by atoms with Crippen LogP contribution in [0.3, 0.4) is 0 Å². The number of anilines is 1. The minimum atomic E-state index is 0.0591. The van der Waals surface area contributed by atoms with Gasteiger partial charge in [0.1, 0.15) is 0 Å². The molecule has 0 radical (unpaired) electrons. The van der Waals surface area contributed by atoms with Gasteiger partial charge in [0.25, 0.3) is 0 Å². The number of aryl methyl sites for hydroxylation is 1. The predicted octanol–water partition coefficient (Wildman–Crippen LogP) is 5.80. The molecule has 0 aliphatic carbocycles. The largest absolute Gasteiger partial charge is 0.274 e. The fourth-order valence-corrected chi connectivity index (χ4v) is 5.25. The number of aromatic nitrogens is 1. The van der Waals surface area contributed by atoms with E-state index in [2.05, 4.69) is 23.0 Å². The molecule has 0 spiro atoms. The standard InChI is InChI=1S/C21H20ClN3OS2/c1-14-13-27-21(23-14)25(16-11-9-15(22)10-12-16)20(26)8-4-7-19-24-17-5-2-3-6-18(17)28-19/h2-3,5-6,9-12,14H,4,7-8,13H2,1H3. The molecule has 1 atom stereocenters. The van der Waals surface area contributed by atoms with Crippen LogP contribution in [-0.2, 0) is 11.2 Å². The minimum absolute atomic E-state index is 0.0591. The van der Waals surface area contributed by atoms with Crippen molar-refractivity contribution in [1.82, 2.24) is 4.98 Å². The Bertz CT molecular complexity index is 983. The first-order valence-corrected chi connectivity index (χ1v) is 11.4. The normalized spacial score (nSPS) is 16.4. The lowest BCUT2D eigenvalue weighted by molar-refractivity contribution is -0.117. The van der Waals surface area contributed by atoms with Crippen molar-refractivity contribution in [1.29, 1.82) is 0 Å². The third-order valence-electron chi connectivity index (χ3n) is 4.43. The van der Waals surface area contributed by atoms with E-state index in [1.54, 1.807) is 28.0 Å². The zero-order valence-electron chi connectivity index (χ0n) is 15.5. The van der Waals surface area contributed by atoms with E-state index in [1.165, 1.54) is 4.70 Å². The number of amides is 1. The monoisotopic (exact) mass is 429 g/mol. The number of hydrogen-bond donors (Lipinski definition) is 0. The quantitative estimate of drug-likeness (QED) is 0.515. The average molecular weight is 430 g/mol. The molecule has 4 rings (SSSR count). The Morgan fingerprint density at radius 2 is 2.00 bits per heavy atom. The first-order chi connectivity index (χ1) is 13.6. The molecule has 2 aromatic carbocycles. The van der Waals surface area contributed by atoms with E-state index in [4.69, 9.17) is 11.6 Å².